The molecule has 0 fully saturated rings. The van der Waals surface area contributed by atoms with E-state index in [1.54, 1.807) is 0 Å². The molecular weight excluding hydrogens is 292 g/mol. The zero-order valence-electron chi connectivity index (χ0n) is 13.2. The first-order valence-corrected chi connectivity index (χ1v) is 8.04. The molecule has 0 saturated carbocycles. The number of rotatable bonds is 3. The summed E-state index contributed by atoms with van der Waals surface area (Å²) in [6.45, 7) is 0. The molecule has 1 aliphatic heterocycles. The second kappa shape index (κ2) is 6.59. The van der Waals surface area contributed by atoms with Crippen molar-refractivity contribution in [3.05, 3.63) is 126 Å². The Hall–Kier alpha value is -3.06. The molecule has 115 valence electrons. The number of benzene rings is 3. The standard InChI is InChI=1S/C23H17O/c1-4-10-18(11-5-1)21-16-22(19-12-6-2-7-13-19)24-23(17-21)20-14-8-3-9-15-20/h1-17H. The van der Waals surface area contributed by atoms with Gasteiger partial charge in [0.1, 0.15) is 11.5 Å². The fourth-order valence-electron chi connectivity index (χ4n) is 2.79. The molecule has 4 rings (SSSR count). The Morgan fingerprint density at radius 1 is 0.417 bits per heavy atom. The van der Waals surface area contributed by atoms with Crippen molar-refractivity contribution in [3.63, 3.8) is 0 Å². The molecule has 0 aromatic heterocycles. The Morgan fingerprint density at radius 3 is 1.21 bits per heavy atom. The lowest BCUT2D eigenvalue weighted by molar-refractivity contribution is 0.465. The topological polar surface area (TPSA) is 9.23 Å². The molecule has 1 aliphatic rings. The third kappa shape index (κ3) is 3.02. The van der Waals surface area contributed by atoms with Gasteiger partial charge < -0.3 is 4.74 Å². The summed E-state index contributed by atoms with van der Waals surface area (Å²) in [4.78, 5) is 0. The summed E-state index contributed by atoms with van der Waals surface area (Å²) in [7, 11) is 0. The summed E-state index contributed by atoms with van der Waals surface area (Å²) in [5, 5.41) is 0. The monoisotopic (exact) mass is 309 g/mol. The van der Waals surface area contributed by atoms with Crippen LogP contribution in [0.25, 0.3) is 11.5 Å². The van der Waals surface area contributed by atoms with Gasteiger partial charge in [0, 0.05) is 11.1 Å². The quantitative estimate of drug-likeness (QED) is 0.601. The van der Waals surface area contributed by atoms with Crippen LogP contribution in [-0.4, -0.2) is 0 Å². The molecule has 0 aliphatic carbocycles. The van der Waals surface area contributed by atoms with Gasteiger partial charge in [-0.2, -0.15) is 0 Å². The van der Waals surface area contributed by atoms with E-state index in [-0.39, 0.29) is 0 Å². The second-order valence-electron chi connectivity index (χ2n) is 5.67. The molecule has 0 spiro atoms. The highest BCUT2D eigenvalue weighted by Gasteiger charge is 2.20. The summed E-state index contributed by atoms with van der Waals surface area (Å²) in [6.07, 6.45) is 4.22. The van der Waals surface area contributed by atoms with Gasteiger partial charge in [-0.25, -0.2) is 0 Å². The van der Waals surface area contributed by atoms with Crippen LogP contribution in [-0.2, 0) is 4.74 Å². The zero-order valence-corrected chi connectivity index (χ0v) is 13.2. The van der Waals surface area contributed by atoms with Crippen molar-refractivity contribution in [1.29, 1.82) is 0 Å². The van der Waals surface area contributed by atoms with Crippen LogP contribution in [0.2, 0.25) is 0 Å². The van der Waals surface area contributed by atoms with Crippen LogP contribution in [0.5, 0.6) is 0 Å². The van der Waals surface area contributed by atoms with Crippen LogP contribution in [0.4, 0.5) is 0 Å². The van der Waals surface area contributed by atoms with Gasteiger partial charge in [-0.15, -0.1) is 0 Å². The van der Waals surface area contributed by atoms with Gasteiger partial charge in [-0.05, 0) is 17.7 Å². The number of allylic oxidation sites excluding steroid dienone is 2. The molecular formula is C23H17O. The lowest BCUT2D eigenvalue weighted by Crippen LogP contribution is -2.05. The maximum Gasteiger partial charge on any atom is 0.131 e. The van der Waals surface area contributed by atoms with E-state index in [9.17, 15) is 0 Å². The molecule has 0 atom stereocenters. The lowest BCUT2D eigenvalue weighted by atomic mass is 9.93. The fraction of sp³-hybridized carbons (Fsp3) is 0. The summed E-state index contributed by atoms with van der Waals surface area (Å²) in [5.41, 5.74) is 3.34. The largest absolute Gasteiger partial charge is 0.457 e. The Labute approximate surface area is 142 Å². The molecule has 1 radical (unpaired) electrons. The van der Waals surface area contributed by atoms with Gasteiger partial charge in [0.2, 0.25) is 0 Å². The molecule has 0 amide bonds. The Bertz CT molecular complexity index is 806. The predicted octanol–water partition coefficient (Wildman–Crippen LogP) is 5.72. The van der Waals surface area contributed by atoms with E-state index in [0.717, 1.165) is 28.6 Å². The van der Waals surface area contributed by atoms with Crippen LogP contribution >= 0.6 is 0 Å². The number of hydrogen-bond acceptors (Lipinski definition) is 1. The third-order valence-corrected chi connectivity index (χ3v) is 4.02. The van der Waals surface area contributed by atoms with E-state index < -0.39 is 0 Å². The number of ether oxygens (including phenoxy) is 1. The SMILES string of the molecule is C1=C(c2ccccc2)OC(c2ccccc2)=C[C]1c1ccccc1. The molecule has 1 heteroatoms. The molecule has 0 unspecified atom stereocenters. The van der Waals surface area contributed by atoms with E-state index in [1.165, 1.54) is 5.56 Å². The Balaban J connectivity index is 1.78. The number of hydrogen-bond donors (Lipinski definition) is 0. The maximum atomic E-state index is 6.21. The van der Waals surface area contributed by atoms with Gasteiger partial charge in [-0.1, -0.05) is 91.0 Å². The molecule has 1 heterocycles. The van der Waals surface area contributed by atoms with Crippen LogP contribution in [0.3, 0.4) is 0 Å². The maximum absolute atomic E-state index is 6.21. The highest BCUT2D eigenvalue weighted by molar-refractivity contribution is 5.78. The third-order valence-electron chi connectivity index (χ3n) is 4.02. The van der Waals surface area contributed by atoms with E-state index >= 15 is 0 Å². The minimum atomic E-state index is 0.871. The Morgan fingerprint density at radius 2 is 0.792 bits per heavy atom. The first-order valence-electron chi connectivity index (χ1n) is 8.04. The summed E-state index contributed by atoms with van der Waals surface area (Å²) < 4.78 is 6.21. The molecule has 1 nitrogen and oxygen atoms in total. The summed E-state index contributed by atoms with van der Waals surface area (Å²) in [6, 6.07) is 30.8. The summed E-state index contributed by atoms with van der Waals surface area (Å²) in [5.74, 6) is 2.89. The van der Waals surface area contributed by atoms with Crippen LogP contribution in [0.1, 0.15) is 16.7 Å². The highest BCUT2D eigenvalue weighted by Crippen LogP contribution is 2.35. The second-order valence-corrected chi connectivity index (χ2v) is 5.67. The smallest absolute Gasteiger partial charge is 0.131 e. The van der Waals surface area contributed by atoms with Crippen LogP contribution in [0, 0.1) is 5.92 Å². The minimum Gasteiger partial charge on any atom is -0.457 e. The van der Waals surface area contributed by atoms with Crippen molar-refractivity contribution < 1.29 is 4.74 Å². The van der Waals surface area contributed by atoms with Gasteiger partial charge >= 0.3 is 0 Å². The first kappa shape index (κ1) is 14.5. The van der Waals surface area contributed by atoms with Gasteiger partial charge in [0.15, 0.2) is 0 Å². The van der Waals surface area contributed by atoms with Crippen molar-refractivity contribution in [3.8, 4) is 0 Å². The summed E-state index contributed by atoms with van der Waals surface area (Å²) >= 11 is 0. The van der Waals surface area contributed by atoms with Gasteiger partial charge in [-0.3, -0.25) is 0 Å². The predicted molar refractivity (Wildman–Crippen MR) is 98.7 cm³/mol. The van der Waals surface area contributed by atoms with Crippen molar-refractivity contribution in [2.45, 2.75) is 0 Å². The van der Waals surface area contributed by atoms with E-state index in [4.69, 9.17) is 4.74 Å². The molecule has 3 aromatic rings. The Kier molecular flexibility index (Phi) is 3.99. The minimum absolute atomic E-state index is 0.871. The van der Waals surface area contributed by atoms with Gasteiger partial charge in [0.25, 0.3) is 0 Å². The first-order chi connectivity index (χ1) is 11.9. The lowest BCUT2D eigenvalue weighted by Gasteiger charge is -2.22. The van der Waals surface area contributed by atoms with Crippen molar-refractivity contribution in [2.75, 3.05) is 0 Å². The van der Waals surface area contributed by atoms with E-state index in [0.29, 0.717) is 0 Å². The van der Waals surface area contributed by atoms with E-state index in [1.807, 2.05) is 42.5 Å². The highest BCUT2D eigenvalue weighted by atomic mass is 16.5. The molecule has 0 N–H and O–H groups in total. The molecule has 24 heavy (non-hydrogen) atoms. The average Bonchev–Trinajstić information content (AvgIpc) is 2.70. The van der Waals surface area contributed by atoms with Crippen molar-refractivity contribution in [1.82, 2.24) is 0 Å². The van der Waals surface area contributed by atoms with Crippen molar-refractivity contribution >= 4 is 11.5 Å². The van der Waals surface area contributed by atoms with Crippen molar-refractivity contribution in [2.24, 2.45) is 0 Å². The van der Waals surface area contributed by atoms with Crippen LogP contribution < -0.4 is 0 Å². The van der Waals surface area contributed by atoms with E-state index in [2.05, 4.69) is 60.7 Å². The van der Waals surface area contributed by atoms with Crippen LogP contribution in [0.15, 0.2) is 103 Å². The zero-order chi connectivity index (χ0) is 16.2. The molecule has 3 aromatic carbocycles. The molecule has 0 saturated heterocycles. The fourth-order valence-corrected chi connectivity index (χ4v) is 2.79. The van der Waals surface area contributed by atoms with Gasteiger partial charge in [0.05, 0.1) is 5.92 Å². The average molecular weight is 309 g/mol. The molecule has 0 bridgehead atoms. The normalized spacial score (nSPS) is 14.5.